The van der Waals surface area contributed by atoms with Gasteiger partial charge in [0.15, 0.2) is 0 Å². The van der Waals surface area contributed by atoms with Gasteiger partial charge in [-0.25, -0.2) is 0 Å². The van der Waals surface area contributed by atoms with Gasteiger partial charge in [0.2, 0.25) is 0 Å². The lowest BCUT2D eigenvalue weighted by Gasteiger charge is -2.09. The fourth-order valence-corrected chi connectivity index (χ4v) is 2.74. The summed E-state index contributed by atoms with van der Waals surface area (Å²) in [5.74, 6) is 0.513. The maximum atomic E-state index is 10.3. The highest BCUT2D eigenvalue weighted by Gasteiger charge is 2.07. The number of aromatic hydroxyl groups is 2. The predicted octanol–water partition coefficient (Wildman–Crippen LogP) is 2.75. The van der Waals surface area contributed by atoms with Gasteiger partial charge in [-0.1, -0.05) is 24.3 Å². The standard InChI is InChI=1S/C20H22N2O3/c23-19-15-3-1-5-17(19)13-21-9-10-22-14-18-6-2-4-16(20(18)24)8-12-25-11-7-15/h1-6,13-14,23-24H,7-12H2. The Labute approximate surface area is 147 Å². The Morgan fingerprint density at radius 2 is 1.20 bits per heavy atom. The number of aliphatic imine (C=N–C) groups is 2. The Hall–Kier alpha value is -2.66. The maximum absolute atomic E-state index is 10.3. The van der Waals surface area contributed by atoms with Crippen LogP contribution in [-0.2, 0) is 17.6 Å². The van der Waals surface area contributed by atoms with Crippen LogP contribution in [0, 0.1) is 0 Å². The number of fused-ring (bicyclic) bond motifs is 4. The van der Waals surface area contributed by atoms with Crippen LogP contribution < -0.4 is 0 Å². The number of ether oxygens (including phenoxy) is 1. The minimum absolute atomic E-state index is 0.256. The van der Waals surface area contributed by atoms with E-state index in [1.807, 2.05) is 36.4 Å². The molecule has 1 aliphatic heterocycles. The predicted molar refractivity (Wildman–Crippen MR) is 99.4 cm³/mol. The van der Waals surface area contributed by atoms with E-state index in [1.165, 1.54) is 0 Å². The van der Waals surface area contributed by atoms with Crippen LogP contribution in [0.1, 0.15) is 22.3 Å². The number of phenolic OH excluding ortho intramolecular Hbond substituents is 2. The van der Waals surface area contributed by atoms with Crippen LogP contribution in [0.25, 0.3) is 0 Å². The summed E-state index contributed by atoms with van der Waals surface area (Å²) in [6.45, 7) is 2.06. The van der Waals surface area contributed by atoms with Crippen molar-refractivity contribution in [3.05, 3.63) is 58.7 Å². The fraction of sp³-hybridized carbons (Fsp3) is 0.300. The minimum Gasteiger partial charge on any atom is -0.507 e. The van der Waals surface area contributed by atoms with Gasteiger partial charge in [0, 0.05) is 23.6 Å². The lowest BCUT2D eigenvalue weighted by molar-refractivity contribution is 0.139. The van der Waals surface area contributed by atoms with E-state index >= 15 is 0 Å². The van der Waals surface area contributed by atoms with Gasteiger partial charge in [-0.05, 0) is 36.1 Å². The molecule has 0 saturated heterocycles. The molecule has 1 heterocycles. The number of hydrogen-bond donors (Lipinski definition) is 2. The average Bonchev–Trinajstić information content (AvgIpc) is 2.62. The van der Waals surface area contributed by atoms with Crippen molar-refractivity contribution in [3.8, 4) is 11.5 Å². The lowest BCUT2D eigenvalue weighted by Crippen LogP contribution is -2.04. The molecule has 0 fully saturated rings. The van der Waals surface area contributed by atoms with Crippen molar-refractivity contribution in [2.75, 3.05) is 26.3 Å². The average molecular weight is 338 g/mol. The molecule has 0 amide bonds. The molecule has 0 atom stereocenters. The molecule has 0 aromatic heterocycles. The number of para-hydroxylation sites is 2. The SMILES string of the molecule is Oc1c2cccc1CCOCCc1cccc(c1O)C=NCCN=C2. The summed E-state index contributed by atoms with van der Waals surface area (Å²) in [7, 11) is 0. The molecule has 2 N–H and O–H groups in total. The molecule has 2 aromatic rings. The summed E-state index contributed by atoms with van der Waals surface area (Å²) < 4.78 is 5.67. The van der Waals surface area contributed by atoms with E-state index in [4.69, 9.17) is 4.74 Å². The Bertz CT molecular complexity index is 719. The Balaban J connectivity index is 1.80. The summed E-state index contributed by atoms with van der Waals surface area (Å²) in [6, 6.07) is 11.3. The van der Waals surface area contributed by atoms with E-state index in [0.717, 1.165) is 11.1 Å². The third-order valence-corrected chi connectivity index (χ3v) is 4.15. The molecule has 0 radical (unpaired) electrons. The zero-order valence-electron chi connectivity index (χ0n) is 14.1. The molecule has 3 rings (SSSR count). The van der Waals surface area contributed by atoms with Crippen molar-refractivity contribution >= 4 is 12.4 Å². The highest BCUT2D eigenvalue weighted by molar-refractivity contribution is 5.85. The second kappa shape index (κ2) is 8.44. The third-order valence-electron chi connectivity index (χ3n) is 4.15. The first-order valence-electron chi connectivity index (χ1n) is 8.45. The van der Waals surface area contributed by atoms with Crippen molar-refractivity contribution in [2.24, 2.45) is 9.98 Å². The molecule has 0 aliphatic carbocycles. The monoisotopic (exact) mass is 338 g/mol. The molecule has 0 unspecified atom stereocenters. The zero-order valence-corrected chi connectivity index (χ0v) is 14.1. The Morgan fingerprint density at radius 3 is 1.68 bits per heavy atom. The molecule has 5 heteroatoms. The highest BCUT2D eigenvalue weighted by Crippen LogP contribution is 2.23. The van der Waals surface area contributed by atoms with Gasteiger partial charge in [0.25, 0.3) is 0 Å². The molecule has 4 bridgehead atoms. The molecular formula is C20H22N2O3. The van der Waals surface area contributed by atoms with Crippen molar-refractivity contribution < 1.29 is 14.9 Å². The van der Waals surface area contributed by atoms with Gasteiger partial charge in [-0.3, -0.25) is 9.98 Å². The maximum Gasteiger partial charge on any atom is 0.127 e. The summed E-state index contributed by atoms with van der Waals surface area (Å²) in [6.07, 6.45) is 4.60. The number of hydrogen-bond acceptors (Lipinski definition) is 5. The van der Waals surface area contributed by atoms with Crippen LogP contribution in [0.15, 0.2) is 46.4 Å². The molecular weight excluding hydrogens is 316 g/mol. The van der Waals surface area contributed by atoms with E-state index in [2.05, 4.69) is 9.98 Å². The quantitative estimate of drug-likeness (QED) is 0.776. The summed E-state index contributed by atoms with van der Waals surface area (Å²) in [5, 5.41) is 20.7. The van der Waals surface area contributed by atoms with Crippen LogP contribution >= 0.6 is 0 Å². The number of benzene rings is 2. The molecule has 0 saturated carbocycles. The minimum atomic E-state index is 0.256. The van der Waals surface area contributed by atoms with Gasteiger partial charge in [0.05, 0.1) is 26.3 Å². The fourth-order valence-electron chi connectivity index (χ4n) is 2.74. The zero-order chi connectivity index (χ0) is 17.5. The van der Waals surface area contributed by atoms with Crippen LogP contribution in [0.5, 0.6) is 11.5 Å². The van der Waals surface area contributed by atoms with Crippen molar-refractivity contribution in [1.29, 1.82) is 0 Å². The van der Waals surface area contributed by atoms with Crippen molar-refractivity contribution in [3.63, 3.8) is 0 Å². The number of phenols is 2. The van der Waals surface area contributed by atoms with Crippen molar-refractivity contribution in [2.45, 2.75) is 12.8 Å². The normalized spacial score (nSPS) is 15.7. The first kappa shape index (κ1) is 17.2. The van der Waals surface area contributed by atoms with Gasteiger partial charge in [-0.2, -0.15) is 0 Å². The van der Waals surface area contributed by atoms with E-state index in [9.17, 15) is 10.2 Å². The number of nitrogens with zero attached hydrogens (tertiary/aromatic N) is 2. The molecule has 1 aliphatic rings. The second-order valence-corrected chi connectivity index (χ2v) is 5.89. The smallest absolute Gasteiger partial charge is 0.127 e. The topological polar surface area (TPSA) is 74.4 Å². The molecule has 130 valence electrons. The van der Waals surface area contributed by atoms with Crippen LogP contribution in [-0.4, -0.2) is 48.9 Å². The van der Waals surface area contributed by atoms with Crippen molar-refractivity contribution in [1.82, 2.24) is 0 Å². The van der Waals surface area contributed by atoms with Crippen LogP contribution in [0.4, 0.5) is 0 Å². The first-order valence-corrected chi connectivity index (χ1v) is 8.45. The molecule has 25 heavy (non-hydrogen) atoms. The summed E-state index contributed by atoms with van der Waals surface area (Å²) >= 11 is 0. The second-order valence-electron chi connectivity index (χ2n) is 5.89. The summed E-state index contributed by atoms with van der Waals surface area (Å²) in [4.78, 5) is 8.63. The van der Waals surface area contributed by atoms with E-state index in [-0.39, 0.29) is 11.5 Å². The summed E-state index contributed by atoms with van der Waals surface area (Å²) in [5.41, 5.74) is 3.09. The van der Waals surface area contributed by atoms with Gasteiger partial charge in [0.1, 0.15) is 11.5 Å². The molecule has 0 spiro atoms. The number of rotatable bonds is 0. The van der Waals surface area contributed by atoms with E-state index in [1.54, 1.807) is 12.4 Å². The van der Waals surface area contributed by atoms with Crippen LogP contribution in [0.2, 0.25) is 0 Å². The third kappa shape index (κ3) is 4.45. The molecule has 5 nitrogen and oxygen atoms in total. The largest absolute Gasteiger partial charge is 0.507 e. The van der Waals surface area contributed by atoms with Gasteiger partial charge in [-0.15, -0.1) is 0 Å². The highest BCUT2D eigenvalue weighted by atomic mass is 16.5. The van der Waals surface area contributed by atoms with Crippen LogP contribution in [0.3, 0.4) is 0 Å². The van der Waals surface area contributed by atoms with Gasteiger partial charge < -0.3 is 14.9 Å². The van der Waals surface area contributed by atoms with Gasteiger partial charge >= 0.3 is 0 Å². The molecule has 2 aromatic carbocycles. The Morgan fingerprint density at radius 1 is 0.720 bits per heavy atom. The van der Waals surface area contributed by atoms with E-state index in [0.29, 0.717) is 50.3 Å². The lowest BCUT2D eigenvalue weighted by atomic mass is 10.1. The van der Waals surface area contributed by atoms with E-state index < -0.39 is 0 Å². The Kier molecular flexibility index (Phi) is 5.80. The first-order chi connectivity index (χ1) is 12.3.